The number of amides is 1. The van der Waals surface area contributed by atoms with Gasteiger partial charge in [-0.25, -0.2) is 4.39 Å². The fraction of sp³-hybridized carbons (Fsp3) is 0.316. The first-order chi connectivity index (χ1) is 12.1. The van der Waals surface area contributed by atoms with Gasteiger partial charge in [0.2, 0.25) is 5.91 Å². The molecule has 3 rings (SSSR count). The van der Waals surface area contributed by atoms with Crippen molar-refractivity contribution in [2.45, 2.75) is 31.5 Å². The molecule has 2 aromatic rings. The Balaban J connectivity index is 1.76. The first kappa shape index (κ1) is 17.2. The molecule has 3 N–H and O–H groups in total. The summed E-state index contributed by atoms with van der Waals surface area (Å²) in [6, 6.07) is 10.9. The number of rotatable bonds is 5. The number of phenols is 1. The van der Waals surface area contributed by atoms with Crippen molar-refractivity contribution in [1.82, 2.24) is 10.6 Å². The molecule has 0 spiro atoms. The Morgan fingerprint density at radius 2 is 2.16 bits per heavy atom. The molecule has 2 aromatic carbocycles. The van der Waals surface area contributed by atoms with Crippen LogP contribution in [0.3, 0.4) is 0 Å². The second-order valence-corrected chi connectivity index (χ2v) is 6.12. The number of hydrogen-bond donors (Lipinski definition) is 3. The van der Waals surface area contributed by atoms with Crippen LogP contribution in [0.2, 0.25) is 0 Å². The molecule has 25 heavy (non-hydrogen) atoms. The van der Waals surface area contributed by atoms with E-state index in [0.29, 0.717) is 30.7 Å². The van der Waals surface area contributed by atoms with Gasteiger partial charge < -0.3 is 20.5 Å². The van der Waals surface area contributed by atoms with Gasteiger partial charge in [0, 0.05) is 24.6 Å². The minimum absolute atomic E-state index is 0.0449. The third-order valence-corrected chi connectivity index (χ3v) is 4.45. The largest absolute Gasteiger partial charge is 0.508 e. The van der Waals surface area contributed by atoms with Gasteiger partial charge in [0.15, 0.2) is 0 Å². The molecule has 0 aromatic heterocycles. The van der Waals surface area contributed by atoms with Crippen LogP contribution in [0.4, 0.5) is 4.39 Å². The first-order valence-electron chi connectivity index (χ1n) is 8.21. The van der Waals surface area contributed by atoms with Gasteiger partial charge in [-0.05, 0) is 42.3 Å². The van der Waals surface area contributed by atoms with Crippen LogP contribution in [-0.4, -0.2) is 24.2 Å². The maximum Gasteiger partial charge on any atom is 0.220 e. The lowest BCUT2D eigenvalue weighted by Crippen LogP contribution is -2.48. The number of ether oxygens (including phenoxy) is 1. The number of phenolic OH excluding ortho intramolecular Hbond substituents is 1. The van der Waals surface area contributed by atoms with Crippen molar-refractivity contribution in [3.63, 3.8) is 0 Å². The molecule has 0 bridgehead atoms. The Morgan fingerprint density at radius 3 is 2.92 bits per heavy atom. The van der Waals surface area contributed by atoms with Gasteiger partial charge in [-0.2, -0.15) is 0 Å². The third kappa shape index (κ3) is 4.09. The fourth-order valence-electron chi connectivity index (χ4n) is 3.11. The molecule has 1 amide bonds. The zero-order chi connectivity index (χ0) is 17.8. The molecule has 1 fully saturated rings. The number of hydrogen-bond acceptors (Lipinski definition) is 4. The van der Waals surface area contributed by atoms with Gasteiger partial charge in [-0.1, -0.05) is 12.1 Å². The van der Waals surface area contributed by atoms with Crippen molar-refractivity contribution in [2.24, 2.45) is 0 Å². The number of aromatic hydroxyl groups is 1. The van der Waals surface area contributed by atoms with E-state index in [9.17, 15) is 14.3 Å². The van der Waals surface area contributed by atoms with Crippen molar-refractivity contribution in [3.8, 4) is 11.5 Å². The molecule has 0 saturated carbocycles. The summed E-state index contributed by atoms with van der Waals surface area (Å²) >= 11 is 0. The number of carbonyl (C=O) groups is 1. The highest BCUT2D eigenvalue weighted by atomic mass is 19.1. The molecule has 6 heteroatoms. The topological polar surface area (TPSA) is 70.6 Å². The molecule has 0 aliphatic carbocycles. The van der Waals surface area contributed by atoms with Crippen LogP contribution in [0.15, 0.2) is 42.5 Å². The molecule has 1 saturated heterocycles. The van der Waals surface area contributed by atoms with E-state index in [-0.39, 0.29) is 29.6 Å². The number of piperidine rings is 1. The minimum Gasteiger partial charge on any atom is -0.508 e. The fourth-order valence-corrected chi connectivity index (χ4v) is 3.11. The van der Waals surface area contributed by atoms with Gasteiger partial charge in [0.05, 0.1) is 13.2 Å². The summed E-state index contributed by atoms with van der Waals surface area (Å²) in [4.78, 5) is 11.8. The van der Waals surface area contributed by atoms with Crippen LogP contribution in [-0.2, 0) is 11.3 Å². The normalized spacial score (nSPS) is 20.2. The molecular weight excluding hydrogens is 323 g/mol. The third-order valence-electron chi connectivity index (χ3n) is 4.45. The monoisotopic (exact) mass is 344 g/mol. The summed E-state index contributed by atoms with van der Waals surface area (Å²) in [6.07, 6.45) is 1.05. The molecule has 1 heterocycles. The van der Waals surface area contributed by atoms with Gasteiger partial charge in [0.1, 0.15) is 17.3 Å². The van der Waals surface area contributed by atoms with E-state index < -0.39 is 0 Å². The Bertz CT molecular complexity index is 766. The number of nitrogens with one attached hydrogen (secondary N) is 2. The van der Waals surface area contributed by atoms with Crippen LogP contribution < -0.4 is 15.4 Å². The molecule has 132 valence electrons. The molecule has 1 aliphatic heterocycles. The van der Waals surface area contributed by atoms with E-state index in [1.54, 1.807) is 37.4 Å². The Morgan fingerprint density at radius 1 is 1.32 bits per heavy atom. The Kier molecular flexibility index (Phi) is 5.19. The molecule has 2 atom stereocenters. The van der Waals surface area contributed by atoms with Crippen LogP contribution in [0.5, 0.6) is 11.5 Å². The van der Waals surface area contributed by atoms with E-state index >= 15 is 0 Å². The predicted octanol–water partition coefficient (Wildman–Crippen LogP) is 2.65. The van der Waals surface area contributed by atoms with E-state index in [1.807, 2.05) is 0 Å². The summed E-state index contributed by atoms with van der Waals surface area (Å²) in [6.45, 7) is 0.412. The summed E-state index contributed by atoms with van der Waals surface area (Å²) in [7, 11) is 1.57. The summed E-state index contributed by atoms with van der Waals surface area (Å²) in [5, 5.41) is 16.3. The Hall–Kier alpha value is -2.60. The maximum atomic E-state index is 13.6. The second kappa shape index (κ2) is 7.53. The van der Waals surface area contributed by atoms with Crippen molar-refractivity contribution in [2.75, 3.05) is 7.11 Å². The van der Waals surface area contributed by atoms with Gasteiger partial charge in [-0.15, -0.1) is 0 Å². The minimum atomic E-state index is -0.332. The molecular formula is C19H21FN2O3. The van der Waals surface area contributed by atoms with E-state index in [1.165, 1.54) is 12.1 Å². The number of methoxy groups -OCH3 is 1. The highest BCUT2D eigenvalue weighted by molar-refractivity contribution is 5.77. The van der Waals surface area contributed by atoms with E-state index in [4.69, 9.17) is 4.74 Å². The molecule has 5 nitrogen and oxygen atoms in total. The first-order valence-corrected chi connectivity index (χ1v) is 8.21. The van der Waals surface area contributed by atoms with Crippen molar-refractivity contribution in [3.05, 3.63) is 59.4 Å². The van der Waals surface area contributed by atoms with E-state index in [0.717, 1.165) is 5.56 Å². The average Bonchev–Trinajstić information content (AvgIpc) is 2.62. The zero-order valence-electron chi connectivity index (χ0n) is 14.0. The quantitative estimate of drug-likeness (QED) is 0.780. The summed E-state index contributed by atoms with van der Waals surface area (Å²) < 4.78 is 18.7. The molecule has 0 radical (unpaired) electrons. The molecule has 1 aliphatic rings. The Labute approximate surface area is 145 Å². The van der Waals surface area contributed by atoms with Gasteiger partial charge in [0.25, 0.3) is 0 Å². The van der Waals surface area contributed by atoms with Crippen molar-refractivity contribution in [1.29, 1.82) is 0 Å². The summed E-state index contributed by atoms with van der Waals surface area (Å²) in [5.74, 6) is 0.460. The van der Waals surface area contributed by atoms with Gasteiger partial charge in [-0.3, -0.25) is 4.79 Å². The van der Waals surface area contributed by atoms with E-state index in [2.05, 4.69) is 10.6 Å². The predicted molar refractivity (Wildman–Crippen MR) is 91.8 cm³/mol. The van der Waals surface area contributed by atoms with Crippen LogP contribution in [0.25, 0.3) is 0 Å². The molecule has 0 unspecified atom stereocenters. The highest BCUT2D eigenvalue weighted by Gasteiger charge is 2.29. The lowest BCUT2D eigenvalue weighted by Gasteiger charge is -2.33. The lowest BCUT2D eigenvalue weighted by molar-refractivity contribution is -0.123. The van der Waals surface area contributed by atoms with Crippen LogP contribution in [0, 0.1) is 5.82 Å². The SMILES string of the molecule is COc1ccc(O)c(CN[C@@H]2CCC(=O)N[C@H]2c2cccc(F)c2)c1. The van der Waals surface area contributed by atoms with Crippen molar-refractivity contribution >= 4 is 5.91 Å². The second-order valence-electron chi connectivity index (χ2n) is 6.12. The average molecular weight is 344 g/mol. The highest BCUT2D eigenvalue weighted by Crippen LogP contribution is 2.27. The standard InChI is InChI=1S/C19H21FN2O3/c1-25-15-5-7-17(23)13(10-15)11-21-16-6-8-18(24)22-19(16)12-3-2-4-14(20)9-12/h2-5,7,9-10,16,19,21,23H,6,8,11H2,1H3,(H,22,24)/t16-,19+/m1/s1. The van der Waals surface area contributed by atoms with Crippen LogP contribution in [0.1, 0.15) is 30.0 Å². The summed E-state index contributed by atoms with van der Waals surface area (Å²) in [5.41, 5.74) is 1.43. The number of benzene rings is 2. The lowest BCUT2D eigenvalue weighted by atomic mass is 9.91. The van der Waals surface area contributed by atoms with Gasteiger partial charge >= 0.3 is 0 Å². The number of halogens is 1. The van der Waals surface area contributed by atoms with Crippen molar-refractivity contribution < 1.29 is 19.0 Å². The maximum absolute atomic E-state index is 13.6. The number of carbonyl (C=O) groups excluding carboxylic acids is 1. The van der Waals surface area contributed by atoms with Crippen LogP contribution >= 0.6 is 0 Å². The zero-order valence-corrected chi connectivity index (χ0v) is 14.0. The smallest absolute Gasteiger partial charge is 0.220 e.